The first kappa shape index (κ1) is 24.2. The highest BCUT2D eigenvalue weighted by Crippen LogP contribution is 2.61. The van der Waals surface area contributed by atoms with Gasteiger partial charge in [0, 0.05) is 17.4 Å². The van der Waals surface area contributed by atoms with E-state index in [0.29, 0.717) is 18.6 Å². The molecule has 180 valence electrons. The summed E-state index contributed by atoms with van der Waals surface area (Å²) in [5, 5.41) is 11.1. The van der Waals surface area contributed by atoms with Crippen molar-refractivity contribution < 1.29 is 24.2 Å². The predicted octanol–water partition coefficient (Wildman–Crippen LogP) is 5.03. The first-order chi connectivity index (χ1) is 16.2. The number of esters is 2. The minimum atomic E-state index is -0.568. The van der Waals surface area contributed by atoms with Crippen molar-refractivity contribution in [2.24, 2.45) is 22.7 Å². The molecule has 3 aliphatic rings. The second-order valence-electron chi connectivity index (χ2n) is 10.3. The van der Waals surface area contributed by atoms with Gasteiger partial charge in [-0.15, -0.1) is 0 Å². The monoisotopic (exact) mass is 462 g/mol. The number of carbonyl (C=O) groups excluding carboxylic acids is 2. The Morgan fingerprint density at radius 1 is 1.24 bits per heavy atom. The molecule has 0 bridgehead atoms. The number of rotatable bonds is 6. The lowest BCUT2D eigenvalue weighted by molar-refractivity contribution is -0.168. The molecule has 1 aliphatic heterocycles. The third-order valence-electron chi connectivity index (χ3n) is 8.17. The number of allylic oxidation sites excluding steroid dienone is 2. The van der Waals surface area contributed by atoms with Gasteiger partial charge in [-0.2, -0.15) is 0 Å². The lowest BCUT2D eigenvalue weighted by Crippen LogP contribution is -2.57. The Morgan fingerprint density at radius 2 is 2.00 bits per heavy atom. The third kappa shape index (κ3) is 4.67. The highest BCUT2D eigenvalue weighted by atomic mass is 16.5. The summed E-state index contributed by atoms with van der Waals surface area (Å²) in [6.45, 7) is 9.11. The first-order valence-electron chi connectivity index (χ1n) is 12.0. The van der Waals surface area contributed by atoms with Gasteiger partial charge in [0.15, 0.2) is 0 Å². The largest absolute Gasteiger partial charge is 0.462 e. The molecule has 1 heterocycles. The molecule has 1 aromatic carbocycles. The summed E-state index contributed by atoms with van der Waals surface area (Å²) in [6, 6.07) is 9.60. The fourth-order valence-electron chi connectivity index (χ4n) is 6.19. The molecule has 0 spiro atoms. The molecule has 5 atom stereocenters. The van der Waals surface area contributed by atoms with Crippen LogP contribution in [0.1, 0.15) is 45.1 Å². The van der Waals surface area contributed by atoms with Crippen molar-refractivity contribution in [3.63, 3.8) is 0 Å². The Hall–Kier alpha value is -2.92. The van der Waals surface area contributed by atoms with Gasteiger partial charge in [-0.3, -0.25) is 0 Å². The zero-order valence-electron chi connectivity index (χ0n) is 20.0. The highest BCUT2D eigenvalue weighted by molar-refractivity contribution is 5.93. The van der Waals surface area contributed by atoms with Crippen LogP contribution in [0.3, 0.4) is 0 Å². The highest BCUT2D eigenvalue weighted by Gasteiger charge is 2.57. The van der Waals surface area contributed by atoms with E-state index in [1.165, 1.54) is 6.08 Å². The lowest BCUT2D eigenvalue weighted by atomic mass is 9.46. The van der Waals surface area contributed by atoms with E-state index < -0.39 is 17.5 Å². The van der Waals surface area contributed by atoms with Gasteiger partial charge >= 0.3 is 11.9 Å². The van der Waals surface area contributed by atoms with Crippen LogP contribution in [0.25, 0.3) is 6.08 Å². The maximum absolute atomic E-state index is 12.5. The van der Waals surface area contributed by atoms with E-state index in [0.717, 1.165) is 30.4 Å². The number of cyclic esters (lactones) is 1. The summed E-state index contributed by atoms with van der Waals surface area (Å²) in [5.74, 6) is -0.494. The van der Waals surface area contributed by atoms with Gasteiger partial charge in [-0.25, -0.2) is 9.59 Å². The van der Waals surface area contributed by atoms with Gasteiger partial charge in [-0.05, 0) is 54.7 Å². The maximum Gasteiger partial charge on any atom is 0.338 e. The van der Waals surface area contributed by atoms with E-state index in [-0.39, 0.29) is 29.8 Å². The predicted molar refractivity (Wildman–Crippen MR) is 131 cm³/mol. The first-order valence-corrected chi connectivity index (χ1v) is 12.0. The molecule has 1 N–H and O–H groups in total. The van der Waals surface area contributed by atoms with Crippen LogP contribution < -0.4 is 0 Å². The zero-order valence-corrected chi connectivity index (χ0v) is 20.0. The van der Waals surface area contributed by atoms with Crippen molar-refractivity contribution in [3.8, 4) is 0 Å². The normalized spacial score (nSPS) is 33.6. The van der Waals surface area contributed by atoms with Crippen molar-refractivity contribution in [1.82, 2.24) is 0 Å². The minimum absolute atomic E-state index is 0.0704. The van der Waals surface area contributed by atoms with E-state index in [1.807, 2.05) is 43.3 Å². The summed E-state index contributed by atoms with van der Waals surface area (Å²) in [4.78, 5) is 24.4. The average Bonchev–Trinajstić information content (AvgIpc) is 3.24. The van der Waals surface area contributed by atoms with E-state index in [4.69, 9.17) is 9.47 Å². The lowest BCUT2D eigenvalue weighted by Gasteiger charge is -2.59. The smallest absolute Gasteiger partial charge is 0.338 e. The fraction of sp³-hybridized carbons (Fsp3) is 0.448. The van der Waals surface area contributed by atoms with Crippen molar-refractivity contribution >= 4 is 18.0 Å². The Morgan fingerprint density at radius 3 is 2.71 bits per heavy atom. The number of aliphatic hydroxyl groups is 1. The van der Waals surface area contributed by atoms with Crippen LogP contribution in [0.15, 0.2) is 72.4 Å². The van der Waals surface area contributed by atoms with E-state index >= 15 is 0 Å². The summed E-state index contributed by atoms with van der Waals surface area (Å²) in [6.07, 6.45) is 11.5. The van der Waals surface area contributed by atoms with Crippen molar-refractivity contribution in [3.05, 3.63) is 77.9 Å². The molecule has 0 radical (unpaired) electrons. The molecule has 2 aliphatic carbocycles. The molecular weight excluding hydrogens is 428 g/mol. The summed E-state index contributed by atoms with van der Waals surface area (Å²) in [7, 11) is 0. The Balaban J connectivity index is 1.51. The molecular formula is C29H34O5. The summed E-state index contributed by atoms with van der Waals surface area (Å²) in [5.41, 5.74) is 1.92. The molecule has 2 saturated carbocycles. The second kappa shape index (κ2) is 9.75. The molecule has 34 heavy (non-hydrogen) atoms. The maximum atomic E-state index is 12.5. The van der Waals surface area contributed by atoms with Gasteiger partial charge < -0.3 is 14.6 Å². The van der Waals surface area contributed by atoms with Gasteiger partial charge in [0.05, 0.1) is 18.3 Å². The van der Waals surface area contributed by atoms with Crippen LogP contribution in [-0.4, -0.2) is 36.4 Å². The number of benzene rings is 1. The van der Waals surface area contributed by atoms with Crippen molar-refractivity contribution in [1.29, 1.82) is 0 Å². The van der Waals surface area contributed by atoms with Crippen molar-refractivity contribution in [2.45, 2.75) is 45.6 Å². The number of carbonyl (C=O) groups is 2. The topological polar surface area (TPSA) is 72.8 Å². The van der Waals surface area contributed by atoms with Crippen LogP contribution in [0.5, 0.6) is 0 Å². The molecule has 0 amide bonds. The Kier molecular flexibility index (Phi) is 6.94. The van der Waals surface area contributed by atoms with Gasteiger partial charge in [0.25, 0.3) is 0 Å². The molecule has 5 nitrogen and oxygen atoms in total. The van der Waals surface area contributed by atoms with Crippen LogP contribution in [0, 0.1) is 22.7 Å². The average molecular weight is 463 g/mol. The van der Waals surface area contributed by atoms with Crippen molar-refractivity contribution in [2.75, 3.05) is 13.2 Å². The van der Waals surface area contributed by atoms with Gasteiger partial charge in [0.1, 0.15) is 6.61 Å². The van der Waals surface area contributed by atoms with E-state index in [9.17, 15) is 14.7 Å². The molecule has 0 saturated heterocycles. The van der Waals surface area contributed by atoms with Crippen LogP contribution in [-0.2, 0) is 19.1 Å². The zero-order chi connectivity index (χ0) is 24.3. The second-order valence-corrected chi connectivity index (χ2v) is 10.3. The number of hydrogen-bond donors (Lipinski definition) is 1. The van der Waals surface area contributed by atoms with Crippen LogP contribution >= 0.6 is 0 Å². The minimum Gasteiger partial charge on any atom is -0.462 e. The van der Waals surface area contributed by atoms with E-state index in [2.05, 4.69) is 19.6 Å². The number of fused-ring (bicyclic) bond motifs is 1. The Labute approximate surface area is 201 Å². The number of hydrogen-bond acceptors (Lipinski definition) is 5. The number of ether oxygens (including phenoxy) is 2. The third-order valence-corrected chi connectivity index (χ3v) is 8.17. The van der Waals surface area contributed by atoms with Gasteiger partial charge in [-0.1, -0.05) is 68.5 Å². The molecule has 0 unspecified atom stereocenters. The number of aliphatic hydroxyl groups excluding tert-OH is 1. The molecule has 5 heteroatoms. The molecule has 0 aromatic heterocycles. The van der Waals surface area contributed by atoms with Gasteiger partial charge in [0.2, 0.25) is 0 Å². The summed E-state index contributed by atoms with van der Waals surface area (Å²) < 4.78 is 10.7. The molecule has 1 aromatic rings. The summed E-state index contributed by atoms with van der Waals surface area (Å²) >= 11 is 0. The fourth-order valence-corrected chi connectivity index (χ4v) is 6.19. The quantitative estimate of drug-likeness (QED) is 0.365. The molecule has 2 fully saturated rings. The molecule has 4 rings (SSSR count). The van der Waals surface area contributed by atoms with E-state index in [1.54, 1.807) is 12.2 Å². The SMILES string of the molecule is C=C1CC[C@@H]2[C@](C)(COC(=O)/C=C/c3ccccc3)[C@H](O)CC[C@@]2(C)[C@@H]1/C=C/C1=CCOC1=O. The Bertz CT molecular complexity index is 1040. The van der Waals surface area contributed by atoms with Crippen LogP contribution in [0.2, 0.25) is 0 Å². The standard InChI is InChI=1S/C29H34O5/c1-20-9-13-24-28(2,23(20)12-11-22-16-18-33-27(22)32)17-15-25(30)29(24,3)19-34-26(31)14-10-21-7-5-4-6-8-21/h4-8,10-12,14,16,23-25,30H,1,9,13,15,17-19H2,2-3H3/b12-11+,14-10+/t23-,24+,25-,28+,29+/m1/s1. The van der Waals surface area contributed by atoms with Crippen LogP contribution in [0.4, 0.5) is 0 Å².